The summed E-state index contributed by atoms with van der Waals surface area (Å²) in [4.78, 5) is 6.31. The minimum atomic E-state index is -4.55. The van der Waals surface area contributed by atoms with Crippen LogP contribution in [0.25, 0.3) is 0 Å². The number of benzene rings is 1. The number of anilines is 1. The molecule has 0 bridgehead atoms. The normalized spacial score (nSPS) is 21.4. The fraction of sp³-hybridized carbons (Fsp3) is 0.409. The molecule has 1 fully saturated rings. The van der Waals surface area contributed by atoms with Crippen molar-refractivity contribution in [2.24, 2.45) is 7.05 Å². The summed E-state index contributed by atoms with van der Waals surface area (Å²) >= 11 is 0. The van der Waals surface area contributed by atoms with Crippen LogP contribution >= 0.6 is 0 Å². The molecule has 1 N–H and O–H groups in total. The first-order valence-electron chi connectivity index (χ1n) is 10.6. The van der Waals surface area contributed by atoms with Gasteiger partial charge >= 0.3 is 0 Å². The number of sulfonamides is 1. The largest absolute Gasteiger partial charge is 0.487 e. The van der Waals surface area contributed by atoms with E-state index in [1.54, 1.807) is 10.9 Å². The Bertz CT molecular complexity index is 1210. The van der Waals surface area contributed by atoms with E-state index in [0.717, 1.165) is 49.8 Å². The lowest BCUT2D eigenvalue weighted by molar-refractivity contribution is 0.0474. The third-order valence-corrected chi connectivity index (χ3v) is 7.44. The van der Waals surface area contributed by atoms with Gasteiger partial charge in [-0.25, -0.2) is 27.2 Å². The molecule has 3 aromatic rings. The van der Waals surface area contributed by atoms with E-state index >= 15 is 0 Å². The molecule has 176 valence electrons. The number of ether oxygens (including phenoxy) is 1. The fourth-order valence-electron chi connectivity index (χ4n) is 4.45. The van der Waals surface area contributed by atoms with Gasteiger partial charge in [0, 0.05) is 43.2 Å². The molecule has 0 radical (unpaired) electrons. The van der Waals surface area contributed by atoms with Crippen molar-refractivity contribution in [1.82, 2.24) is 19.7 Å². The zero-order valence-corrected chi connectivity index (χ0v) is 19.1. The molecule has 0 aliphatic heterocycles. The van der Waals surface area contributed by atoms with E-state index in [1.165, 1.54) is 12.3 Å². The van der Waals surface area contributed by atoms with E-state index < -0.39 is 32.2 Å². The molecule has 2 heterocycles. The number of aryl methyl sites for hydroxylation is 1. The average molecular weight is 478 g/mol. The van der Waals surface area contributed by atoms with E-state index in [9.17, 15) is 17.2 Å². The van der Waals surface area contributed by atoms with Gasteiger partial charge in [-0.3, -0.25) is 9.40 Å². The molecule has 1 aliphatic rings. The van der Waals surface area contributed by atoms with Gasteiger partial charge in [-0.2, -0.15) is 5.10 Å². The SMILES string of the molecule is Cn1nccc1[C@H]1CCCCC[C@@]1(C)Oc1cc(F)c(S(=O)(=O)Nc2ccncn2)c(F)c1. The quantitative estimate of drug-likeness (QED) is 0.535. The van der Waals surface area contributed by atoms with Gasteiger partial charge in [0.25, 0.3) is 10.0 Å². The standard InChI is InChI=1S/C22H25F2N5O3S/c1-22(9-5-3-4-6-16(22)19-7-11-27-29(19)2)32-15-12-17(23)21(18(24)13-15)33(30,31)28-20-8-10-25-14-26-20/h7-8,10-14,16H,3-6,9H2,1-2H3,(H,25,26,28)/t16-,22-/m1/s1. The van der Waals surface area contributed by atoms with E-state index in [1.807, 2.05) is 20.0 Å². The Balaban J connectivity index is 1.65. The van der Waals surface area contributed by atoms with Crippen LogP contribution in [-0.2, 0) is 17.1 Å². The zero-order chi connectivity index (χ0) is 23.6. The molecular weight excluding hydrogens is 452 g/mol. The molecule has 8 nitrogen and oxygen atoms in total. The molecule has 1 aromatic carbocycles. The number of rotatable bonds is 6. The summed E-state index contributed by atoms with van der Waals surface area (Å²) < 4.78 is 65.1. The minimum absolute atomic E-state index is 0.0403. The number of nitrogens with one attached hydrogen (secondary N) is 1. The second-order valence-corrected chi connectivity index (χ2v) is 9.98. The van der Waals surface area contributed by atoms with Crippen molar-refractivity contribution >= 4 is 15.8 Å². The Morgan fingerprint density at radius 2 is 1.91 bits per heavy atom. The third kappa shape index (κ3) is 4.82. The van der Waals surface area contributed by atoms with Crippen LogP contribution in [0.5, 0.6) is 5.75 Å². The Morgan fingerprint density at radius 3 is 2.55 bits per heavy atom. The molecule has 0 unspecified atom stereocenters. The molecule has 11 heteroatoms. The molecule has 0 saturated heterocycles. The summed E-state index contributed by atoms with van der Waals surface area (Å²) in [7, 11) is -2.70. The lowest BCUT2D eigenvalue weighted by atomic mass is 9.82. The summed E-state index contributed by atoms with van der Waals surface area (Å²) in [5, 5.41) is 4.25. The monoisotopic (exact) mass is 477 g/mol. The first kappa shape index (κ1) is 23.1. The van der Waals surface area contributed by atoms with Crippen molar-refractivity contribution in [1.29, 1.82) is 0 Å². The number of hydrogen-bond acceptors (Lipinski definition) is 6. The molecule has 2 aromatic heterocycles. The summed E-state index contributed by atoms with van der Waals surface area (Å²) in [6.07, 6.45) is 8.60. The van der Waals surface area contributed by atoms with Crippen LogP contribution in [0.4, 0.5) is 14.6 Å². The second-order valence-electron chi connectivity index (χ2n) is 8.36. The number of hydrogen-bond donors (Lipinski definition) is 1. The Morgan fingerprint density at radius 1 is 1.15 bits per heavy atom. The topological polar surface area (TPSA) is 99.0 Å². The van der Waals surface area contributed by atoms with Gasteiger partial charge in [0.1, 0.15) is 35.1 Å². The minimum Gasteiger partial charge on any atom is -0.487 e. The van der Waals surface area contributed by atoms with Crippen molar-refractivity contribution < 1.29 is 21.9 Å². The second kappa shape index (κ2) is 9.05. The van der Waals surface area contributed by atoms with Crippen molar-refractivity contribution in [2.75, 3.05) is 4.72 Å². The fourth-order valence-corrected chi connectivity index (χ4v) is 5.58. The first-order valence-corrected chi connectivity index (χ1v) is 12.1. The molecule has 1 aliphatic carbocycles. The van der Waals surface area contributed by atoms with Crippen LogP contribution in [0.15, 0.2) is 47.9 Å². The smallest absolute Gasteiger partial charge is 0.268 e. The predicted molar refractivity (Wildman–Crippen MR) is 117 cm³/mol. The maximum Gasteiger partial charge on any atom is 0.268 e. The highest BCUT2D eigenvalue weighted by atomic mass is 32.2. The highest BCUT2D eigenvalue weighted by molar-refractivity contribution is 7.92. The number of halogens is 2. The van der Waals surface area contributed by atoms with Gasteiger partial charge < -0.3 is 4.74 Å². The zero-order valence-electron chi connectivity index (χ0n) is 18.3. The van der Waals surface area contributed by atoms with Gasteiger partial charge in [0.05, 0.1) is 0 Å². The first-order chi connectivity index (χ1) is 15.7. The number of aromatic nitrogens is 4. The van der Waals surface area contributed by atoms with E-state index in [-0.39, 0.29) is 17.5 Å². The molecule has 2 atom stereocenters. The highest BCUT2D eigenvalue weighted by Crippen LogP contribution is 2.42. The van der Waals surface area contributed by atoms with Crippen molar-refractivity contribution in [3.8, 4) is 5.75 Å². The van der Waals surface area contributed by atoms with E-state index in [2.05, 4.69) is 19.8 Å². The molecule has 33 heavy (non-hydrogen) atoms. The van der Waals surface area contributed by atoms with Crippen LogP contribution < -0.4 is 9.46 Å². The van der Waals surface area contributed by atoms with Crippen LogP contribution in [0, 0.1) is 11.6 Å². The van der Waals surface area contributed by atoms with Crippen molar-refractivity contribution in [2.45, 2.75) is 55.4 Å². The third-order valence-electron chi connectivity index (χ3n) is 6.03. The van der Waals surface area contributed by atoms with Crippen LogP contribution in [0.3, 0.4) is 0 Å². The van der Waals surface area contributed by atoms with Gasteiger partial charge in [0.15, 0.2) is 4.90 Å². The summed E-state index contributed by atoms with van der Waals surface area (Å²) in [5.41, 5.74) is 0.233. The van der Waals surface area contributed by atoms with Crippen LogP contribution in [0.2, 0.25) is 0 Å². The molecule has 0 spiro atoms. The van der Waals surface area contributed by atoms with Gasteiger partial charge in [-0.05, 0) is 38.3 Å². The molecule has 1 saturated carbocycles. The summed E-state index contributed by atoms with van der Waals surface area (Å²) in [5.74, 6) is -2.71. The molecule has 4 rings (SSSR count). The highest BCUT2D eigenvalue weighted by Gasteiger charge is 2.40. The van der Waals surface area contributed by atoms with Crippen LogP contribution in [0.1, 0.15) is 50.6 Å². The van der Waals surface area contributed by atoms with Crippen molar-refractivity contribution in [3.63, 3.8) is 0 Å². The Kier molecular flexibility index (Phi) is 6.33. The molecule has 0 amide bonds. The Hall–Kier alpha value is -3.08. The van der Waals surface area contributed by atoms with E-state index in [0.29, 0.717) is 6.42 Å². The van der Waals surface area contributed by atoms with Gasteiger partial charge in [-0.1, -0.05) is 12.8 Å². The summed E-state index contributed by atoms with van der Waals surface area (Å²) in [6.45, 7) is 1.92. The van der Waals surface area contributed by atoms with Gasteiger partial charge in [0.2, 0.25) is 0 Å². The lowest BCUT2D eigenvalue weighted by Gasteiger charge is -2.37. The van der Waals surface area contributed by atoms with E-state index in [4.69, 9.17) is 4.74 Å². The predicted octanol–water partition coefficient (Wildman–Crippen LogP) is 4.17. The lowest BCUT2D eigenvalue weighted by Crippen LogP contribution is -2.39. The van der Waals surface area contributed by atoms with Crippen LogP contribution in [-0.4, -0.2) is 33.8 Å². The summed E-state index contributed by atoms with van der Waals surface area (Å²) in [6, 6.07) is 5.02. The van der Waals surface area contributed by atoms with Crippen molar-refractivity contribution in [3.05, 3.63) is 60.3 Å². The molecular formula is C22H25F2N5O3S. The average Bonchev–Trinajstić information content (AvgIpc) is 3.06. The Labute approximate surface area is 191 Å². The maximum atomic E-state index is 14.9. The number of nitrogens with zero attached hydrogens (tertiary/aromatic N) is 4. The maximum absolute atomic E-state index is 14.9. The van der Waals surface area contributed by atoms with Gasteiger partial charge in [-0.15, -0.1) is 0 Å².